The summed E-state index contributed by atoms with van der Waals surface area (Å²) in [6.07, 6.45) is 3.45. The molecule has 1 heterocycles. The van der Waals surface area contributed by atoms with E-state index in [1.54, 1.807) is 44.3 Å². The molecule has 0 saturated carbocycles. The van der Waals surface area contributed by atoms with Gasteiger partial charge in [-0.1, -0.05) is 60.7 Å². The Kier molecular flexibility index (Phi) is 14.6. The predicted molar refractivity (Wildman–Crippen MR) is 229 cm³/mol. The minimum Gasteiger partial charge on any atom is -0.508 e. The van der Waals surface area contributed by atoms with Gasteiger partial charge in [0.15, 0.2) is 23.0 Å². The van der Waals surface area contributed by atoms with Gasteiger partial charge in [0.1, 0.15) is 18.3 Å². The van der Waals surface area contributed by atoms with E-state index in [2.05, 4.69) is 39.9 Å². The van der Waals surface area contributed by atoms with Crippen molar-refractivity contribution >= 4 is 16.6 Å². The van der Waals surface area contributed by atoms with E-state index < -0.39 is 24.0 Å². The molecular weight excluding hydrogens is 747 g/mol. The van der Waals surface area contributed by atoms with Crippen molar-refractivity contribution in [2.24, 2.45) is 5.92 Å². The monoisotopic (exact) mass is 801 g/mol. The number of carbonyl (C=O) groups excluding carboxylic acids is 1. The van der Waals surface area contributed by atoms with Crippen LogP contribution in [0.2, 0.25) is 0 Å². The minimum absolute atomic E-state index is 0.0230. The summed E-state index contributed by atoms with van der Waals surface area (Å²) >= 11 is 0. The first kappa shape index (κ1) is 42.7. The summed E-state index contributed by atoms with van der Waals surface area (Å²) in [6.45, 7) is 2.48. The van der Waals surface area contributed by atoms with Crippen molar-refractivity contribution in [2.45, 2.75) is 63.7 Å². The highest BCUT2D eigenvalue weighted by molar-refractivity contribution is 5.87. The Bertz CT molecular complexity index is 2300. The molecular formula is C48H55N3O8. The number of phenolic OH excluding ortho intramolecular Hbond substituents is 3. The number of aliphatic hydroxyl groups is 2. The highest BCUT2D eigenvalue weighted by Crippen LogP contribution is 2.38. The maximum absolute atomic E-state index is 14.7. The Morgan fingerprint density at radius 2 is 1.61 bits per heavy atom. The number of methoxy groups -OCH3 is 1. The number of hydrogen-bond donors (Lipinski definition) is 8. The molecule has 0 aliphatic heterocycles. The van der Waals surface area contributed by atoms with Crippen LogP contribution >= 0.6 is 0 Å². The summed E-state index contributed by atoms with van der Waals surface area (Å²) in [5.41, 5.74) is 5.84. The number of fused-ring (bicyclic) bond motifs is 1. The van der Waals surface area contributed by atoms with Gasteiger partial charge >= 0.3 is 0 Å². The Labute approximate surface area is 345 Å². The lowest BCUT2D eigenvalue weighted by atomic mass is 9.80. The first-order valence-electron chi connectivity index (χ1n) is 20.0. The van der Waals surface area contributed by atoms with Gasteiger partial charge in [-0.15, -0.1) is 0 Å². The van der Waals surface area contributed by atoms with E-state index in [1.165, 1.54) is 13.2 Å². The molecule has 0 radical (unpaired) electrons. The Hall–Kier alpha value is -5.85. The number of ketones is 1. The molecule has 0 saturated heterocycles. The summed E-state index contributed by atoms with van der Waals surface area (Å²) in [4.78, 5) is 17.8. The average molecular weight is 802 g/mol. The zero-order valence-electron chi connectivity index (χ0n) is 33.8. The van der Waals surface area contributed by atoms with Gasteiger partial charge in [-0.3, -0.25) is 10.1 Å². The number of Topliss-reactive ketones (excluding diaryl/α,β-unsaturated/α-hetero) is 1. The number of aromatic nitrogens is 1. The molecule has 310 valence electrons. The number of phenols is 3. The van der Waals surface area contributed by atoms with Crippen molar-refractivity contribution in [2.75, 3.05) is 27.4 Å². The quantitative estimate of drug-likeness (QED) is 0.0290. The predicted octanol–water partition coefficient (Wildman–Crippen LogP) is 6.66. The van der Waals surface area contributed by atoms with Gasteiger partial charge in [0.25, 0.3) is 0 Å². The number of carbonyl (C=O) groups is 1. The molecule has 0 fully saturated rings. The number of rotatable bonds is 21. The SMILES string of the molecule is CNCc1cc(O)cc([C@@H](Cc2ccc(O)c(OCNC[C@H](C)O)c2)C(=O)C[C@@H](O)[C@H](Cc2cc[nH]c2)Cc2ccc(O)c(OC)c2Cc2cccc3ccccc23)c1. The molecule has 11 heteroatoms. The Morgan fingerprint density at radius 3 is 2.37 bits per heavy atom. The van der Waals surface area contributed by atoms with Gasteiger partial charge in [-0.25, -0.2) is 0 Å². The molecule has 5 aromatic carbocycles. The van der Waals surface area contributed by atoms with Crippen molar-refractivity contribution in [3.63, 3.8) is 0 Å². The summed E-state index contributed by atoms with van der Waals surface area (Å²) in [7, 11) is 3.34. The van der Waals surface area contributed by atoms with Crippen LogP contribution in [0.3, 0.4) is 0 Å². The van der Waals surface area contributed by atoms with Crippen LogP contribution in [0.5, 0.6) is 28.7 Å². The molecule has 11 nitrogen and oxygen atoms in total. The molecule has 0 unspecified atom stereocenters. The van der Waals surface area contributed by atoms with E-state index in [1.807, 2.05) is 48.8 Å². The third-order valence-corrected chi connectivity index (χ3v) is 10.8. The first-order valence-corrected chi connectivity index (χ1v) is 20.0. The number of ether oxygens (including phenoxy) is 2. The van der Waals surface area contributed by atoms with Crippen LogP contribution in [0.4, 0.5) is 0 Å². The number of hydrogen-bond acceptors (Lipinski definition) is 10. The zero-order chi connectivity index (χ0) is 41.9. The first-order chi connectivity index (χ1) is 28.5. The van der Waals surface area contributed by atoms with Crippen molar-refractivity contribution < 1.29 is 39.8 Å². The number of nitrogens with one attached hydrogen (secondary N) is 3. The standard InChI is InChI=1S/C48H55N3O8/c1-30(52)26-51-29-59-47-21-31(11-13-43(47)54)20-41(37-18-33(27-49-2)19-39(53)23-37)46(57)25-45(56)38(17-32-15-16-50-28-32)22-36-12-14-44(55)48(58-3)42(36)24-35-9-6-8-34-7-4-5-10-40(34)35/h4-16,18-19,21,23,28,30,38,41,45,49-56H,17,20,22,24-27,29H2,1-3H3/t30-,38+,41+,45+/m0/s1. The molecule has 8 N–H and O–H groups in total. The second-order valence-corrected chi connectivity index (χ2v) is 15.3. The lowest BCUT2D eigenvalue weighted by molar-refractivity contribution is -0.123. The fourth-order valence-electron chi connectivity index (χ4n) is 7.89. The highest BCUT2D eigenvalue weighted by Gasteiger charge is 2.30. The van der Waals surface area contributed by atoms with Gasteiger partial charge in [-0.2, -0.15) is 0 Å². The van der Waals surface area contributed by atoms with Crippen molar-refractivity contribution in [1.82, 2.24) is 15.6 Å². The van der Waals surface area contributed by atoms with E-state index >= 15 is 0 Å². The molecule has 0 aliphatic carbocycles. The van der Waals surface area contributed by atoms with Gasteiger partial charge in [0.2, 0.25) is 0 Å². The van der Waals surface area contributed by atoms with Crippen LogP contribution in [0.15, 0.2) is 109 Å². The van der Waals surface area contributed by atoms with Crippen molar-refractivity contribution in [3.05, 3.63) is 148 Å². The van der Waals surface area contributed by atoms with Crippen LogP contribution < -0.4 is 20.1 Å². The molecule has 6 aromatic rings. The summed E-state index contributed by atoms with van der Waals surface area (Å²) in [6, 6.07) is 29.8. The maximum Gasteiger partial charge on any atom is 0.164 e. The van der Waals surface area contributed by atoms with Crippen molar-refractivity contribution in [1.29, 1.82) is 0 Å². The Balaban J connectivity index is 1.32. The van der Waals surface area contributed by atoms with Crippen LogP contribution in [-0.4, -0.2) is 75.9 Å². The smallest absolute Gasteiger partial charge is 0.164 e. The van der Waals surface area contributed by atoms with E-state index in [0.717, 1.165) is 38.6 Å². The van der Waals surface area contributed by atoms with E-state index in [9.17, 15) is 30.3 Å². The van der Waals surface area contributed by atoms with Crippen molar-refractivity contribution in [3.8, 4) is 28.7 Å². The molecule has 4 atom stereocenters. The van der Waals surface area contributed by atoms with Gasteiger partial charge in [-0.05, 0) is 120 Å². The molecule has 0 bridgehead atoms. The summed E-state index contributed by atoms with van der Waals surface area (Å²) < 4.78 is 11.6. The largest absolute Gasteiger partial charge is 0.508 e. The topological polar surface area (TPSA) is 177 Å². The van der Waals surface area contributed by atoms with Gasteiger partial charge < -0.3 is 45.3 Å². The third-order valence-electron chi connectivity index (χ3n) is 10.8. The minimum atomic E-state index is -1.07. The number of aliphatic hydroxyl groups excluding tert-OH is 2. The molecule has 59 heavy (non-hydrogen) atoms. The van der Waals surface area contributed by atoms with Crippen LogP contribution in [0.25, 0.3) is 10.8 Å². The number of aromatic amines is 1. The summed E-state index contributed by atoms with van der Waals surface area (Å²) in [5, 5.41) is 62.4. The lowest BCUT2D eigenvalue weighted by Crippen LogP contribution is -2.30. The van der Waals surface area contributed by atoms with Crippen LogP contribution in [-0.2, 0) is 37.0 Å². The van der Waals surface area contributed by atoms with Gasteiger partial charge in [0.05, 0.1) is 19.3 Å². The molecule has 0 amide bonds. The molecule has 1 aromatic heterocycles. The second kappa shape index (κ2) is 20.2. The maximum atomic E-state index is 14.7. The van der Waals surface area contributed by atoms with E-state index in [4.69, 9.17) is 9.47 Å². The summed E-state index contributed by atoms with van der Waals surface area (Å²) in [5.74, 6) is -0.828. The van der Waals surface area contributed by atoms with Gasteiger partial charge in [0, 0.05) is 49.8 Å². The fourth-order valence-corrected chi connectivity index (χ4v) is 7.89. The third kappa shape index (κ3) is 11.2. The van der Waals surface area contributed by atoms with Crippen LogP contribution in [0, 0.1) is 5.92 Å². The van der Waals surface area contributed by atoms with Crippen LogP contribution in [0.1, 0.15) is 58.2 Å². The zero-order valence-corrected chi connectivity index (χ0v) is 33.8. The second-order valence-electron chi connectivity index (χ2n) is 15.3. The molecule has 0 spiro atoms. The van der Waals surface area contributed by atoms with E-state index in [0.29, 0.717) is 49.2 Å². The number of aromatic hydroxyl groups is 3. The van der Waals surface area contributed by atoms with E-state index in [-0.39, 0.29) is 48.4 Å². The highest BCUT2D eigenvalue weighted by atomic mass is 16.5. The molecule has 0 aliphatic rings. The number of benzene rings is 5. The fraction of sp³-hybridized carbons (Fsp3) is 0.312. The Morgan fingerprint density at radius 1 is 0.814 bits per heavy atom. The number of H-pyrrole nitrogens is 1. The lowest BCUT2D eigenvalue weighted by Gasteiger charge is -2.26. The average Bonchev–Trinajstić information content (AvgIpc) is 3.73. The normalized spacial score (nSPS) is 13.5. The molecule has 6 rings (SSSR count).